The minimum Gasteiger partial charge on any atom is -0.381 e. The number of benzene rings is 1. The van der Waals surface area contributed by atoms with Crippen LogP contribution in [-0.4, -0.2) is 26.6 Å². The zero-order valence-electron chi connectivity index (χ0n) is 12.2. The molecule has 3 nitrogen and oxygen atoms in total. The van der Waals surface area contributed by atoms with Crippen LogP contribution in [0.5, 0.6) is 0 Å². The summed E-state index contributed by atoms with van der Waals surface area (Å²) in [4.78, 5) is 12.5. The van der Waals surface area contributed by atoms with E-state index >= 15 is 0 Å². The first kappa shape index (κ1) is 14.2. The number of aryl methyl sites for hydroxylation is 2. The zero-order valence-corrected chi connectivity index (χ0v) is 12.2. The van der Waals surface area contributed by atoms with Crippen LogP contribution in [-0.2, 0) is 26.3 Å². The smallest absolute Gasteiger partial charge is 0.174 e. The number of fused-ring (bicyclic) bond motifs is 1. The highest BCUT2D eigenvalue weighted by atomic mass is 16.5. The van der Waals surface area contributed by atoms with Gasteiger partial charge in [0.25, 0.3) is 0 Å². The van der Waals surface area contributed by atoms with Crippen LogP contribution < -0.4 is 0 Å². The molecule has 0 radical (unpaired) electrons. The van der Waals surface area contributed by atoms with E-state index in [1.807, 2.05) is 0 Å². The summed E-state index contributed by atoms with van der Waals surface area (Å²) >= 11 is 0. The van der Waals surface area contributed by atoms with E-state index in [9.17, 15) is 4.79 Å². The van der Waals surface area contributed by atoms with E-state index in [0.29, 0.717) is 6.42 Å². The van der Waals surface area contributed by atoms with Crippen molar-refractivity contribution in [3.63, 3.8) is 0 Å². The fourth-order valence-electron chi connectivity index (χ4n) is 3.11. The van der Waals surface area contributed by atoms with Gasteiger partial charge >= 0.3 is 0 Å². The van der Waals surface area contributed by atoms with Crippen LogP contribution >= 0.6 is 0 Å². The molecule has 0 fully saturated rings. The van der Waals surface area contributed by atoms with Gasteiger partial charge in [-0.1, -0.05) is 17.7 Å². The second-order valence-corrected chi connectivity index (χ2v) is 5.35. The van der Waals surface area contributed by atoms with Crippen molar-refractivity contribution in [2.75, 3.05) is 20.8 Å². The summed E-state index contributed by atoms with van der Waals surface area (Å²) in [6, 6.07) is 4.25. The summed E-state index contributed by atoms with van der Waals surface area (Å²) < 4.78 is 11.0. The van der Waals surface area contributed by atoms with E-state index in [-0.39, 0.29) is 12.4 Å². The van der Waals surface area contributed by atoms with Crippen LogP contribution in [0.25, 0.3) is 0 Å². The maximum atomic E-state index is 12.5. The SMILES string of the molecule is COCC1(OC)C(=O)CCCc2c(C)cc(C)cc21. The summed E-state index contributed by atoms with van der Waals surface area (Å²) in [5, 5.41) is 0. The summed E-state index contributed by atoms with van der Waals surface area (Å²) in [7, 11) is 3.21. The van der Waals surface area contributed by atoms with Crippen molar-refractivity contribution in [3.8, 4) is 0 Å². The van der Waals surface area contributed by atoms with Crippen LogP contribution in [0.3, 0.4) is 0 Å². The van der Waals surface area contributed by atoms with Gasteiger partial charge in [-0.25, -0.2) is 0 Å². The van der Waals surface area contributed by atoms with Gasteiger partial charge in [0.1, 0.15) is 0 Å². The average Bonchev–Trinajstić information content (AvgIpc) is 2.50. The Balaban J connectivity index is 2.69. The first-order valence-electron chi connectivity index (χ1n) is 6.73. The molecule has 1 aromatic rings. The van der Waals surface area contributed by atoms with Crippen LogP contribution in [0.4, 0.5) is 0 Å². The Bertz CT molecular complexity index is 493. The molecule has 19 heavy (non-hydrogen) atoms. The van der Waals surface area contributed by atoms with Gasteiger partial charge in [0, 0.05) is 20.6 Å². The molecule has 0 heterocycles. The molecule has 0 bridgehead atoms. The van der Waals surface area contributed by atoms with Crippen molar-refractivity contribution in [1.82, 2.24) is 0 Å². The Hall–Kier alpha value is -1.19. The normalized spacial score (nSPS) is 23.1. The molecular formula is C16H22O3. The van der Waals surface area contributed by atoms with Crippen molar-refractivity contribution >= 4 is 5.78 Å². The third-order valence-corrected chi connectivity index (χ3v) is 4.03. The predicted molar refractivity (Wildman–Crippen MR) is 74.4 cm³/mol. The second-order valence-electron chi connectivity index (χ2n) is 5.35. The van der Waals surface area contributed by atoms with Crippen LogP contribution in [0, 0.1) is 13.8 Å². The molecule has 0 aliphatic heterocycles. The molecule has 1 aliphatic carbocycles. The first-order valence-corrected chi connectivity index (χ1v) is 6.73. The molecule has 0 spiro atoms. The van der Waals surface area contributed by atoms with Crippen molar-refractivity contribution in [2.24, 2.45) is 0 Å². The maximum absolute atomic E-state index is 12.5. The van der Waals surface area contributed by atoms with E-state index in [1.54, 1.807) is 14.2 Å². The second kappa shape index (κ2) is 5.43. The molecule has 1 unspecified atom stereocenters. The number of hydrogen-bond acceptors (Lipinski definition) is 3. The largest absolute Gasteiger partial charge is 0.381 e. The summed E-state index contributed by atoms with van der Waals surface area (Å²) in [6.45, 7) is 4.43. The van der Waals surface area contributed by atoms with Gasteiger partial charge in [-0.3, -0.25) is 4.79 Å². The highest BCUT2D eigenvalue weighted by Crippen LogP contribution is 2.37. The maximum Gasteiger partial charge on any atom is 0.174 e. The molecular weight excluding hydrogens is 240 g/mol. The number of carbonyl (C=O) groups is 1. The van der Waals surface area contributed by atoms with Crippen molar-refractivity contribution in [3.05, 3.63) is 34.4 Å². The average molecular weight is 262 g/mol. The zero-order chi connectivity index (χ0) is 14.0. The Morgan fingerprint density at radius 3 is 2.58 bits per heavy atom. The number of ketones is 1. The van der Waals surface area contributed by atoms with E-state index in [1.165, 1.54) is 11.1 Å². The molecule has 1 aromatic carbocycles. The Morgan fingerprint density at radius 2 is 1.95 bits per heavy atom. The van der Waals surface area contributed by atoms with Crippen molar-refractivity contribution < 1.29 is 14.3 Å². The summed E-state index contributed by atoms with van der Waals surface area (Å²) in [5.74, 6) is 0.126. The van der Waals surface area contributed by atoms with Gasteiger partial charge in [-0.05, 0) is 43.4 Å². The van der Waals surface area contributed by atoms with Crippen molar-refractivity contribution in [1.29, 1.82) is 0 Å². The van der Waals surface area contributed by atoms with E-state index in [0.717, 1.165) is 24.0 Å². The monoisotopic (exact) mass is 262 g/mol. The molecule has 3 heteroatoms. The van der Waals surface area contributed by atoms with Gasteiger partial charge in [0.05, 0.1) is 6.61 Å². The number of rotatable bonds is 3. The van der Waals surface area contributed by atoms with Crippen LogP contribution in [0.15, 0.2) is 12.1 Å². The minimum absolute atomic E-state index is 0.126. The number of carbonyl (C=O) groups excluding carboxylic acids is 1. The lowest BCUT2D eigenvalue weighted by molar-refractivity contribution is -0.149. The Morgan fingerprint density at radius 1 is 1.21 bits per heavy atom. The first-order chi connectivity index (χ1) is 9.05. The molecule has 0 N–H and O–H groups in total. The molecule has 2 rings (SSSR count). The Labute approximate surface area is 114 Å². The molecule has 1 aliphatic rings. The molecule has 104 valence electrons. The van der Waals surface area contributed by atoms with Crippen LogP contribution in [0.2, 0.25) is 0 Å². The molecule has 0 aromatic heterocycles. The quantitative estimate of drug-likeness (QED) is 0.786. The summed E-state index contributed by atoms with van der Waals surface area (Å²) in [5.41, 5.74) is 3.70. The van der Waals surface area contributed by atoms with Crippen LogP contribution in [0.1, 0.15) is 35.1 Å². The molecule has 1 atom stereocenters. The van der Waals surface area contributed by atoms with Crippen molar-refractivity contribution in [2.45, 2.75) is 38.7 Å². The number of hydrogen-bond donors (Lipinski definition) is 0. The lowest BCUT2D eigenvalue weighted by atomic mass is 9.84. The fourth-order valence-corrected chi connectivity index (χ4v) is 3.11. The number of Topliss-reactive ketones (excluding diaryl/α,β-unsaturated/α-hetero) is 1. The third kappa shape index (κ3) is 2.33. The third-order valence-electron chi connectivity index (χ3n) is 4.03. The lowest BCUT2D eigenvalue weighted by Crippen LogP contribution is -2.42. The molecule has 0 amide bonds. The minimum atomic E-state index is -0.933. The topological polar surface area (TPSA) is 35.5 Å². The van der Waals surface area contributed by atoms with Gasteiger partial charge in [0.2, 0.25) is 0 Å². The predicted octanol–water partition coefficient (Wildman–Crippen LogP) is 2.70. The number of methoxy groups -OCH3 is 2. The van der Waals surface area contributed by atoms with Gasteiger partial charge in [0.15, 0.2) is 11.4 Å². The number of ether oxygens (including phenoxy) is 2. The lowest BCUT2D eigenvalue weighted by Gasteiger charge is -2.31. The Kier molecular flexibility index (Phi) is 4.07. The molecule has 0 saturated carbocycles. The van der Waals surface area contributed by atoms with E-state index in [4.69, 9.17) is 9.47 Å². The fraction of sp³-hybridized carbons (Fsp3) is 0.562. The van der Waals surface area contributed by atoms with E-state index in [2.05, 4.69) is 26.0 Å². The molecule has 0 saturated heterocycles. The standard InChI is InChI=1S/C16H22O3/c1-11-8-12(2)13-6-5-7-15(17)16(19-4,10-18-3)14(13)9-11/h8-9H,5-7,10H2,1-4H3. The summed E-state index contributed by atoms with van der Waals surface area (Å²) in [6.07, 6.45) is 2.36. The highest BCUT2D eigenvalue weighted by molar-refractivity contribution is 5.90. The van der Waals surface area contributed by atoms with Gasteiger partial charge in [-0.2, -0.15) is 0 Å². The van der Waals surface area contributed by atoms with Gasteiger partial charge < -0.3 is 9.47 Å². The van der Waals surface area contributed by atoms with Gasteiger partial charge in [-0.15, -0.1) is 0 Å². The van der Waals surface area contributed by atoms with E-state index < -0.39 is 5.60 Å². The highest BCUT2D eigenvalue weighted by Gasteiger charge is 2.43.